The van der Waals surface area contributed by atoms with Gasteiger partial charge in [-0.05, 0) is 25.2 Å². The van der Waals surface area contributed by atoms with Crippen LogP contribution in [-0.4, -0.2) is 81.1 Å². The molecule has 178 valence electrons. The minimum Gasteiger partial charge on any atom is -0.479 e. The molecule has 0 aliphatic heterocycles. The number of carboxylic acids is 2. The van der Waals surface area contributed by atoms with Gasteiger partial charge in [-0.3, -0.25) is 0 Å². The van der Waals surface area contributed by atoms with Crippen molar-refractivity contribution in [2.75, 3.05) is 14.1 Å². The van der Waals surface area contributed by atoms with Crippen molar-refractivity contribution in [3.63, 3.8) is 0 Å². The summed E-state index contributed by atoms with van der Waals surface area (Å²) in [5.74, 6) is -3.68. The van der Waals surface area contributed by atoms with Crippen LogP contribution in [-0.2, 0) is 22.7 Å². The predicted octanol–water partition coefficient (Wildman–Crippen LogP) is -0.589. The Morgan fingerprint density at radius 1 is 0.656 bits per heavy atom. The molecule has 4 atom stereocenters. The SMILES string of the molecule is CNCc1ccccc1.CNCc1ccccc1.O=C(O)[C@@H](O)[C@@H](O)[C@H](O)[C@@H](O)C(=O)O. The van der Waals surface area contributed by atoms with E-state index in [9.17, 15) is 9.59 Å². The monoisotopic (exact) mass is 452 g/mol. The Hall–Kier alpha value is -2.86. The number of nitrogens with one attached hydrogen (secondary N) is 2. The van der Waals surface area contributed by atoms with E-state index in [2.05, 4.69) is 34.9 Å². The molecule has 10 heteroatoms. The van der Waals surface area contributed by atoms with Crippen LogP contribution in [0.15, 0.2) is 60.7 Å². The normalized spacial score (nSPS) is 13.8. The Balaban J connectivity index is 0.000000466. The minimum absolute atomic E-state index is 0.959. The molecule has 0 unspecified atom stereocenters. The molecule has 0 aliphatic rings. The molecule has 0 spiro atoms. The molecule has 8 N–H and O–H groups in total. The van der Waals surface area contributed by atoms with Crippen molar-refractivity contribution in [3.05, 3.63) is 71.8 Å². The molecular weight excluding hydrogens is 420 g/mol. The van der Waals surface area contributed by atoms with Crippen LogP contribution in [0.1, 0.15) is 11.1 Å². The largest absolute Gasteiger partial charge is 0.479 e. The number of rotatable bonds is 9. The van der Waals surface area contributed by atoms with Gasteiger partial charge in [0.15, 0.2) is 12.2 Å². The first kappa shape index (κ1) is 29.1. The van der Waals surface area contributed by atoms with Gasteiger partial charge in [0.25, 0.3) is 0 Å². The van der Waals surface area contributed by atoms with Crippen LogP contribution in [0, 0.1) is 0 Å². The van der Waals surface area contributed by atoms with Gasteiger partial charge in [-0.1, -0.05) is 60.7 Å². The Bertz CT molecular complexity index is 696. The molecular formula is C22H32N2O8. The summed E-state index contributed by atoms with van der Waals surface area (Å²) in [5, 5.41) is 57.6. The van der Waals surface area contributed by atoms with Crippen LogP contribution in [0.4, 0.5) is 0 Å². The van der Waals surface area contributed by atoms with Crippen molar-refractivity contribution in [2.45, 2.75) is 37.5 Å². The third-order valence-electron chi connectivity index (χ3n) is 3.95. The van der Waals surface area contributed by atoms with Crippen LogP contribution in [0.5, 0.6) is 0 Å². The summed E-state index contributed by atoms with van der Waals surface area (Å²) in [6.07, 6.45) is -9.28. The fourth-order valence-electron chi connectivity index (χ4n) is 2.27. The summed E-state index contributed by atoms with van der Waals surface area (Å²) in [7, 11) is 3.90. The Morgan fingerprint density at radius 3 is 1.16 bits per heavy atom. The molecule has 0 heterocycles. The Kier molecular flexibility index (Phi) is 15.3. The highest BCUT2D eigenvalue weighted by Crippen LogP contribution is 2.05. The third kappa shape index (κ3) is 12.1. The average Bonchev–Trinajstić information content (AvgIpc) is 2.79. The second-order valence-corrected chi connectivity index (χ2v) is 6.58. The van der Waals surface area contributed by atoms with E-state index in [4.69, 9.17) is 30.6 Å². The van der Waals surface area contributed by atoms with Gasteiger partial charge in [-0.25, -0.2) is 9.59 Å². The first-order chi connectivity index (χ1) is 15.1. The van der Waals surface area contributed by atoms with Crippen molar-refractivity contribution in [3.8, 4) is 0 Å². The van der Waals surface area contributed by atoms with Crippen molar-refractivity contribution < 1.29 is 40.2 Å². The smallest absolute Gasteiger partial charge is 0.335 e. The van der Waals surface area contributed by atoms with Gasteiger partial charge in [0, 0.05) is 13.1 Å². The quantitative estimate of drug-likeness (QED) is 0.245. The zero-order valence-electron chi connectivity index (χ0n) is 18.0. The lowest BCUT2D eigenvalue weighted by Crippen LogP contribution is -2.49. The van der Waals surface area contributed by atoms with Gasteiger partial charge in [0.05, 0.1) is 0 Å². The molecule has 0 aromatic heterocycles. The summed E-state index contributed by atoms with van der Waals surface area (Å²) < 4.78 is 0. The summed E-state index contributed by atoms with van der Waals surface area (Å²) in [6, 6.07) is 20.7. The lowest BCUT2D eigenvalue weighted by Gasteiger charge is -2.21. The van der Waals surface area contributed by atoms with E-state index in [1.54, 1.807) is 0 Å². The molecule has 0 radical (unpaired) electrons. The molecule has 0 bridgehead atoms. The second kappa shape index (κ2) is 16.8. The van der Waals surface area contributed by atoms with Gasteiger partial charge >= 0.3 is 11.9 Å². The van der Waals surface area contributed by atoms with Gasteiger partial charge in [0.1, 0.15) is 12.2 Å². The highest BCUT2D eigenvalue weighted by Gasteiger charge is 2.37. The molecule has 0 fully saturated rings. The number of hydrogen-bond donors (Lipinski definition) is 8. The molecule has 0 saturated carbocycles. The molecule has 2 aromatic rings. The summed E-state index contributed by atoms with van der Waals surface area (Å²) >= 11 is 0. The van der Waals surface area contributed by atoms with Crippen LogP contribution < -0.4 is 10.6 Å². The van der Waals surface area contributed by atoms with E-state index in [1.807, 2.05) is 50.5 Å². The number of hydrogen-bond acceptors (Lipinski definition) is 8. The van der Waals surface area contributed by atoms with Crippen LogP contribution in [0.25, 0.3) is 0 Å². The third-order valence-corrected chi connectivity index (χ3v) is 3.95. The average molecular weight is 453 g/mol. The molecule has 10 nitrogen and oxygen atoms in total. The van der Waals surface area contributed by atoms with Gasteiger partial charge in [-0.15, -0.1) is 0 Å². The molecule has 2 aromatic carbocycles. The lowest BCUT2D eigenvalue weighted by molar-refractivity contribution is -0.172. The standard InChI is InChI=1S/2C8H11N.C6H10O8/c2*1-9-7-8-5-3-2-4-6-8;7-1(3(9)5(11)12)2(8)4(10)6(13)14/h2*2-6,9H,7H2,1H3;1-4,7-10H,(H,11,12)(H,13,14)/t;;1-,2-,3-,4+/m..0/s1. The number of aliphatic hydroxyl groups is 4. The highest BCUT2D eigenvalue weighted by molar-refractivity contribution is 5.75. The summed E-state index contributed by atoms with van der Waals surface area (Å²) in [4.78, 5) is 20.2. The molecule has 0 saturated heterocycles. The topological polar surface area (TPSA) is 180 Å². The van der Waals surface area contributed by atoms with Crippen LogP contribution in [0.3, 0.4) is 0 Å². The number of aliphatic carboxylic acids is 2. The van der Waals surface area contributed by atoms with Crippen molar-refractivity contribution in [2.24, 2.45) is 0 Å². The van der Waals surface area contributed by atoms with Crippen molar-refractivity contribution in [1.29, 1.82) is 0 Å². The van der Waals surface area contributed by atoms with Gasteiger partial charge in [0.2, 0.25) is 0 Å². The van der Waals surface area contributed by atoms with Gasteiger partial charge < -0.3 is 41.3 Å². The molecule has 2 rings (SSSR count). The number of carbonyl (C=O) groups is 2. The maximum absolute atomic E-state index is 10.1. The van der Waals surface area contributed by atoms with Crippen molar-refractivity contribution in [1.82, 2.24) is 10.6 Å². The maximum Gasteiger partial charge on any atom is 0.335 e. The number of benzene rings is 2. The second-order valence-electron chi connectivity index (χ2n) is 6.58. The fourth-order valence-corrected chi connectivity index (χ4v) is 2.27. The van der Waals surface area contributed by atoms with Gasteiger partial charge in [-0.2, -0.15) is 0 Å². The Labute approximate surface area is 186 Å². The fraction of sp³-hybridized carbons (Fsp3) is 0.364. The zero-order valence-corrected chi connectivity index (χ0v) is 18.0. The molecule has 32 heavy (non-hydrogen) atoms. The first-order valence-corrected chi connectivity index (χ1v) is 9.70. The Morgan fingerprint density at radius 2 is 0.938 bits per heavy atom. The number of carboxylic acid groups (broad SMARTS) is 2. The summed E-state index contributed by atoms with van der Waals surface area (Å²) in [6.45, 7) is 1.92. The maximum atomic E-state index is 10.1. The first-order valence-electron chi connectivity index (χ1n) is 9.70. The van der Waals surface area contributed by atoms with E-state index >= 15 is 0 Å². The van der Waals surface area contributed by atoms with Crippen LogP contribution in [0.2, 0.25) is 0 Å². The lowest BCUT2D eigenvalue weighted by atomic mass is 10.0. The van der Waals surface area contributed by atoms with Crippen molar-refractivity contribution >= 4 is 11.9 Å². The van der Waals surface area contributed by atoms with E-state index in [1.165, 1.54) is 11.1 Å². The summed E-state index contributed by atoms with van der Waals surface area (Å²) in [5.41, 5.74) is 2.67. The zero-order chi connectivity index (χ0) is 24.5. The van der Waals surface area contributed by atoms with E-state index < -0.39 is 36.4 Å². The highest BCUT2D eigenvalue weighted by atomic mass is 16.4. The minimum atomic E-state index is -2.36. The number of aliphatic hydroxyl groups excluding tert-OH is 4. The van der Waals surface area contributed by atoms with E-state index in [0.29, 0.717) is 0 Å². The predicted molar refractivity (Wildman–Crippen MR) is 118 cm³/mol. The van der Waals surface area contributed by atoms with Crippen LogP contribution >= 0.6 is 0 Å². The molecule has 0 aliphatic carbocycles. The van der Waals surface area contributed by atoms with E-state index in [-0.39, 0.29) is 0 Å². The van der Waals surface area contributed by atoms with E-state index in [0.717, 1.165) is 13.1 Å². The molecule has 0 amide bonds.